The third-order valence-electron chi connectivity index (χ3n) is 4.61. The molecule has 0 saturated carbocycles. The summed E-state index contributed by atoms with van der Waals surface area (Å²) in [4.78, 5) is 0.295. The Bertz CT molecular complexity index is 729. The van der Waals surface area contributed by atoms with E-state index < -0.39 is 23.4 Å². The van der Waals surface area contributed by atoms with Gasteiger partial charge in [-0.15, -0.1) is 11.7 Å². The number of hydrogen-bond acceptors (Lipinski definition) is 4. The molecule has 0 N–H and O–H groups in total. The van der Waals surface area contributed by atoms with Gasteiger partial charge in [-0.2, -0.15) is 0 Å². The Morgan fingerprint density at radius 2 is 1.80 bits per heavy atom. The zero-order valence-corrected chi connectivity index (χ0v) is 18.3. The second-order valence-electron chi connectivity index (χ2n) is 8.16. The molecule has 1 aromatic rings. The molecule has 0 bridgehead atoms. The first kappa shape index (κ1) is 21.6. The zero-order valence-electron chi connectivity index (χ0n) is 16.5. The molecule has 1 rings (SSSR count). The third kappa shape index (κ3) is 5.82. The molecule has 0 saturated heterocycles. The van der Waals surface area contributed by atoms with Gasteiger partial charge in [0.2, 0.25) is 0 Å². The number of hydrogen-bond donors (Lipinski definition) is 0. The van der Waals surface area contributed by atoms with Crippen LogP contribution in [-0.2, 0) is 14.4 Å². The number of rotatable bonds is 7. The quantitative estimate of drug-likeness (QED) is 0.285. The van der Waals surface area contributed by atoms with Gasteiger partial charge in [0, 0.05) is 0 Å². The minimum Gasteiger partial charge on any atom is -0.455 e. The van der Waals surface area contributed by atoms with E-state index in [1.165, 1.54) is 6.21 Å². The van der Waals surface area contributed by atoms with Crippen LogP contribution < -0.4 is 0 Å². The van der Waals surface area contributed by atoms with Gasteiger partial charge in [0.15, 0.2) is 9.84 Å². The van der Waals surface area contributed by atoms with Gasteiger partial charge in [-0.3, -0.25) is 0 Å². The predicted molar refractivity (Wildman–Crippen MR) is 108 cm³/mol. The Morgan fingerprint density at radius 1 is 1.28 bits per heavy atom. The predicted octanol–water partition coefficient (Wildman–Crippen LogP) is 5.11. The summed E-state index contributed by atoms with van der Waals surface area (Å²) in [6, 6.07) is 6.87. The molecule has 0 fully saturated rings. The first-order valence-electron chi connectivity index (χ1n) is 8.44. The third-order valence-corrected chi connectivity index (χ3v) is 10.8. The highest BCUT2D eigenvalue weighted by Gasteiger charge is 2.40. The van der Waals surface area contributed by atoms with Gasteiger partial charge in [-0.25, -0.2) is 8.42 Å². The van der Waals surface area contributed by atoms with Crippen LogP contribution in [0.4, 0.5) is 0 Å². The highest BCUT2D eigenvalue weighted by atomic mass is 32.2. The molecule has 0 amide bonds. The van der Waals surface area contributed by atoms with Gasteiger partial charge >= 0.3 is 0 Å². The molecular formula is C19H31NO3SSi. The Hall–Kier alpha value is -1.40. The highest BCUT2D eigenvalue weighted by molar-refractivity contribution is 7.92. The molecule has 1 aromatic carbocycles. The van der Waals surface area contributed by atoms with E-state index >= 15 is 0 Å². The topological polar surface area (TPSA) is 55.7 Å². The minimum atomic E-state index is -3.54. The van der Waals surface area contributed by atoms with Crippen molar-refractivity contribution in [3.8, 4) is 0 Å². The maximum Gasteiger partial charge on any atom is 0.286 e. The van der Waals surface area contributed by atoms with E-state index in [-0.39, 0.29) is 5.04 Å². The van der Waals surface area contributed by atoms with Crippen LogP contribution in [0, 0.1) is 6.92 Å². The van der Waals surface area contributed by atoms with Gasteiger partial charge in [-0.1, -0.05) is 44.0 Å². The summed E-state index contributed by atoms with van der Waals surface area (Å²) in [5.41, 5.74) is 1.81. The first-order chi connectivity index (χ1) is 11.3. The SMILES string of the molecule is C=C(C)CC(/C=N/O[Si](C)(C)C(C)(C)C)S(=O)(=O)c1ccc(C)cc1. The van der Waals surface area contributed by atoms with Crippen LogP contribution in [0.5, 0.6) is 0 Å². The fraction of sp³-hybridized carbons (Fsp3) is 0.526. The normalized spacial score (nSPS) is 14.5. The van der Waals surface area contributed by atoms with Gasteiger partial charge in [-0.05, 0) is 50.5 Å². The van der Waals surface area contributed by atoms with E-state index in [9.17, 15) is 8.42 Å². The summed E-state index contributed by atoms with van der Waals surface area (Å²) in [6.07, 6.45) is 1.74. The molecule has 1 unspecified atom stereocenters. The lowest BCUT2D eigenvalue weighted by Gasteiger charge is -2.33. The van der Waals surface area contributed by atoms with Crippen LogP contribution in [0.15, 0.2) is 46.5 Å². The molecule has 4 nitrogen and oxygen atoms in total. The second-order valence-corrected chi connectivity index (χ2v) is 15.0. The molecule has 6 heteroatoms. The van der Waals surface area contributed by atoms with Crippen molar-refractivity contribution in [2.24, 2.45) is 5.16 Å². The number of sulfone groups is 1. The molecule has 0 aliphatic carbocycles. The van der Waals surface area contributed by atoms with Crippen LogP contribution in [-0.4, -0.2) is 28.2 Å². The summed E-state index contributed by atoms with van der Waals surface area (Å²) in [6.45, 7) is 18.1. The van der Waals surface area contributed by atoms with Crippen LogP contribution in [0.25, 0.3) is 0 Å². The lowest BCUT2D eigenvalue weighted by atomic mass is 10.2. The largest absolute Gasteiger partial charge is 0.455 e. The zero-order chi connectivity index (χ0) is 19.5. The lowest BCUT2D eigenvalue weighted by molar-refractivity contribution is 0.309. The van der Waals surface area contributed by atoms with Gasteiger partial charge in [0.1, 0.15) is 5.25 Å². The maximum atomic E-state index is 13.0. The van der Waals surface area contributed by atoms with E-state index in [0.717, 1.165) is 11.1 Å². The summed E-state index contributed by atoms with van der Waals surface area (Å²) >= 11 is 0. The molecule has 0 aliphatic rings. The van der Waals surface area contributed by atoms with Crippen LogP contribution in [0.2, 0.25) is 18.1 Å². The van der Waals surface area contributed by atoms with Crippen molar-refractivity contribution in [1.82, 2.24) is 0 Å². The van der Waals surface area contributed by atoms with Crippen LogP contribution in [0.1, 0.15) is 39.7 Å². The standard InChI is InChI=1S/C19H31NO3SSi/c1-15(2)13-18(14-20-23-25(7,8)19(4,5)6)24(21,22)17-11-9-16(3)10-12-17/h9-12,14,18H,1,13H2,2-8H3/b20-14+. The van der Waals surface area contributed by atoms with Crippen molar-refractivity contribution in [3.05, 3.63) is 42.0 Å². The van der Waals surface area contributed by atoms with E-state index in [2.05, 4.69) is 45.6 Å². The molecule has 1 atom stereocenters. The van der Waals surface area contributed by atoms with Crippen molar-refractivity contribution in [3.63, 3.8) is 0 Å². The van der Waals surface area contributed by atoms with Crippen molar-refractivity contribution in [1.29, 1.82) is 0 Å². The molecule has 0 spiro atoms. The van der Waals surface area contributed by atoms with Gasteiger partial charge < -0.3 is 4.53 Å². The summed E-state index contributed by atoms with van der Waals surface area (Å²) in [7, 11) is -5.61. The number of aryl methyl sites for hydroxylation is 1. The average Bonchev–Trinajstić information content (AvgIpc) is 2.45. The van der Waals surface area contributed by atoms with Crippen molar-refractivity contribution < 1.29 is 12.9 Å². The summed E-state index contributed by atoms with van der Waals surface area (Å²) in [5, 5.41) is 3.31. The van der Waals surface area contributed by atoms with E-state index in [1.54, 1.807) is 24.3 Å². The van der Waals surface area contributed by atoms with Gasteiger partial charge in [0.25, 0.3) is 8.32 Å². The first-order valence-corrected chi connectivity index (χ1v) is 12.9. The highest BCUT2D eigenvalue weighted by Crippen LogP contribution is 2.36. The number of nitrogens with zero attached hydrogens (tertiary/aromatic N) is 1. The van der Waals surface area contributed by atoms with E-state index in [0.29, 0.717) is 11.3 Å². The van der Waals surface area contributed by atoms with Crippen molar-refractivity contribution in [2.75, 3.05) is 0 Å². The number of oxime groups is 1. The Balaban J connectivity index is 3.11. The second kappa shape index (κ2) is 7.87. The maximum absolute atomic E-state index is 13.0. The average molecular weight is 382 g/mol. The summed E-state index contributed by atoms with van der Waals surface area (Å²) in [5.74, 6) is 0. The van der Waals surface area contributed by atoms with Crippen LogP contribution >= 0.6 is 0 Å². The lowest BCUT2D eigenvalue weighted by Crippen LogP contribution is -2.39. The van der Waals surface area contributed by atoms with Gasteiger partial charge in [0.05, 0.1) is 11.1 Å². The summed E-state index contributed by atoms with van der Waals surface area (Å²) < 4.78 is 31.7. The van der Waals surface area contributed by atoms with Crippen molar-refractivity contribution in [2.45, 2.75) is 69.3 Å². The smallest absolute Gasteiger partial charge is 0.286 e. The molecule has 0 aliphatic heterocycles. The fourth-order valence-corrected chi connectivity index (χ4v) is 4.03. The molecule has 0 aromatic heterocycles. The molecular weight excluding hydrogens is 350 g/mol. The molecule has 25 heavy (non-hydrogen) atoms. The minimum absolute atomic E-state index is 0.00399. The van der Waals surface area contributed by atoms with Crippen LogP contribution in [0.3, 0.4) is 0 Å². The fourth-order valence-electron chi connectivity index (χ4n) is 1.86. The monoisotopic (exact) mass is 381 g/mol. The Labute approximate surface area is 154 Å². The van der Waals surface area contributed by atoms with E-state index in [4.69, 9.17) is 4.53 Å². The molecule has 140 valence electrons. The Morgan fingerprint density at radius 3 is 2.24 bits per heavy atom. The van der Waals surface area contributed by atoms with Crippen molar-refractivity contribution >= 4 is 24.4 Å². The number of allylic oxidation sites excluding steroid dienone is 1. The molecule has 0 heterocycles. The molecule has 0 radical (unpaired) electrons. The Kier molecular flexibility index (Phi) is 6.81. The van der Waals surface area contributed by atoms with E-state index in [1.807, 2.05) is 13.8 Å². The number of benzene rings is 1.